The number of nitrogens with one attached hydrogen (secondary N) is 1. The highest BCUT2D eigenvalue weighted by Crippen LogP contribution is 2.30. The lowest BCUT2D eigenvalue weighted by atomic mass is 9.91. The normalized spacial score (nSPS) is 22.9. The van der Waals surface area contributed by atoms with E-state index in [1.54, 1.807) is 6.07 Å². The SMILES string of the molecule is N[C@@H]1CCCC[C@H]1Nc1nc2cc([N+](=O)[O-])ccc2s1. The molecule has 106 valence electrons. The van der Waals surface area contributed by atoms with Gasteiger partial charge in [-0.15, -0.1) is 0 Å². The number of thiazole rings is 1. The molecular formula is C13H16N4O2S. The first-order chi connectivity index (χ1) is 9.63. The Bertz CT molecular complexity index is 642. The molecule has 6 nitrogen and oxygen atoms in total. The second-order valence-electron chi connectivity index (χ2n) is 5.13. The van der Waals surface area contributed by atoms with Gasteiger partial charge in [-0.25, -0.2) is 4.98 Å². The van der Waals surface area contributed by atoms with Gasteiger partial charge in [0.25, 0.3) is 5.69 Å². The minimum atomic E-state index is -0.400. The topological polar surface area (TPSA) is 94.1 Å². The minimum Gasteiger partial charge on any atom is -0.357 e. The highest BCUT2D eigenvalue weighted by molar-refractivity contribution is 7.22. The van der Waals surface area contributed by atoms with Gasteiger partial charge in [0.05, 0.1) is 15.1 Å². The van der Waals surface area contributed by atoms with E-state index >= 15 is 0 Å². The minimum absolute atomic E-state index is 0.0729. The van der Waals surface area contributed by atoms with Crippen molar-refractivity contribution in [2.45, 2.75) is 37.8 Å². The predicted molar refractivity (Wildman–Crippen MR) is 80.1 cm³/mol. The van der Waals surface area contributed by atoms with E-state index in [0.29, 0.717) is 5.52 Å². The summed E-state index contributed by atoms with van der Waals surface area (Å²) in [5, 5.41) is 14.9. The van der Waals surface area contributed by atoms with Crippen molar-refractivity contribution in [3.05, 3.63) is 28.3 Å². The zero-order valence-electron chi connectivity index (χ0n) is 10.9. The van der Waals surface area contributed by atoms with Crippen molar-refractivity contribution in [3.63, 3.8) is 0 Å². The quantitative estimate of drug-likeness (QED) is 0.670. The number of nitrogens with two attached hydrogens (primary N) is 1. The summed E-state index contributed by atoms with van der Waals surface area (Å²) in [5.41, 5.74) is 6.85. The second-order valence-corrected chi connectivity index (χ2v) is 6.16. The highest BCUT2D eigenvalue weighted by Gasteiger charge is 2.22. The molecule has 1 fully saturated rings. The first kappa shape index (κ1) is 13.3. The molecule has 2 atom stereocenters. The molecule has 1 heterocycles. The van der Waals surface area contributed by atoms with Crippen LogP contribution in [0.3, 0.4) is 0 Å². The van der Waals surface area contributed by atoms with Gasteiger partial charge in [-0.05, 0) is 18.9 Å². The largest absolute Gasteiger partial charge is 0.357 e. The van der Waals surface area contributed by atoms with E-state index < -0.39 is 4.92 Å². The third kappa shape index (κ3) is 2.59. The first-order valence-corrected chi connectivity index (χ1v) is 7.52. The smallest absolute Gasteiger partial charge is 0.271 e. The molecule has 1 saturated carbocycles. The number of rotatable bonds is 3. The van der Waals surface area contributed by atoms with Gasteiger partial charge in [0.1, 0.15) is 0 Å². The van der Waals surface area contributed by atoms with Crippen LogP contribution in [0.1, 0.15) is 25.7 Å². The Labute approximate surface area is 120 Å². The molecule has 1 aromatic carbocycles. The Balaban J connectivity index is 1.83. The monoisotopic (exact) mass is 292 g/mol. The van der Waals surface area contributed by atoms with Gasteiger partial charge < -0.3 is 11.1 Å². The van der Waals surface area contributed by atoms with E-state index in [0.717, 1.165) is 22.7 Å². The molecule has 3 N–H and O–H groups in total. The third-order valence-electron chi connectivity index (χ3n) is 3.71. The molecular weight excluding hydrogens is 276 g/mol. The summed E-state index contributed by atoms with van der Waals surface area (Å²) in [6, 6.07) is 5.18. The maximum atomic E-state index is 10.8. The summed E-state index contributed by atoms with van der Waals surface area (Å²) in [6.07, 6.45) is 4.46. The molecule has 2 aromatic rings. The maximum absolute atomic E-state index is 10.8. The number of anilines is 1. The van der Waals surface area contributed by atoms with Crippen molar-refractivity contribution in [1.82, 2.24) is 4.98 Å². The highest BCUT2D eigenvalue weighted by atomic mass is 32.1. The van der Waals surface area contributed by atoms with E-state index in [1.807, 2.05) is 0 Å². The van der Waals surface area contributed by atoms with Crippen molar-refractivity contribution in [1.29, 1.82) is 0 Å². The molecule has 0 bridgehead atoms. The van der Waals surface area contributed by atoms with Gasteiger partial charge in [0, 0.05) is 24.2 Å². The summed E-state index contributed by atoms with van der Waals surface area (Å²) in [4.78, 5) is 14.8. The molecule has 0 saturated heterocycles. The van der Waals surface area contributed by atoms with Crippen LogP contribution in [0.5, 0.6) is 0 Å². The number of benzene rings is 1. The molecule has 1 aliphatic rings. The molecule has 0 aliphatic heterocycles. The van der Waals surface area contributed by atoms with Crippen LogP contribution in [0.4, 0.5) is 10.8 Å². The lowest BCUT2D eigenvalue weighted by Crippen LogP contribution is -2.42. The van der Waals surface area contributed by atoms with Gasteiger partial charge in [-0.1, -0.05) is 24.2 Å². The summed E-state index contributed by atoms with van der Waals surface area (Å²) >= 11 is 1.51. The third-order valence-corrected chi connectivity index (χ3v) is 4.68. The van der Waals surface area contributed by atoms with E-state index in [4.69, 9.17) is 5.73 Å². The van der Waals surface area contributed by atoms with Gasteiger partial charge in [0.15, 0.2) is 5.13 Å². The average molecular weight is 292 g/mol. The van der Waals surface area contributed by atoms with Crippen molar-refractivity contribution in [3.8, 4) is 0 Å². The molecule has 0 radical (unpaired) electrons. The first-order valence-electron chi connectivity index (χ1n) is 6.70. The van der Waals surface area contributed by atoms with Crippen molar-refractivity contribution in [2.75, 3.05) is 5.32 Å². The molecule has 0 spiro atoms. The molecule has 20 heavy (non-hydrogen) atoms. The molecule has 0 amide bonds. The van der Waals surface area contributed by atoms with E-state index in [2.05, 4.69) is 10.3 Å². The average Bonchev–Trinajstić information content (AvgIpc) is 2.82. The summed E-state index contributed by atoms with van der Waals surface area (Å²) in [6.45, 7) is 0. The number of nitrogens with zero attached hydrogens (tertiary/aromatic N) is 2. The summed E-state index contributed by atoms with van der Waals surface area (Å²) in [5.74, 6) is 0. The predicted octanol–water partition coefficient (Wildman–Crippen LogP) is 2.89. The van der Waals surface area contributed by atoms with Crippen LogP contribution >= 0.6 is 11.3 Å². The maximum Gasteiger partial charge on any atom is 0.271 e. The van der Waals surface area contributed by atoms with Crippen molar-refractivity contribution < 1.29 is 4.92 Å². The van der Waals surface area contributed by atoms with Crippen molar-refractivity contribution >= 4 is 32.4 Å². The fourth-order valence-electron chi connectivity index (χ4n) is 2.59. The number of non-ortho nitro benzene ring substituents is 1. The molecule has 3 rings (SSSR count). The Morgan fingerprint density at radius 1 is 1.40 bits per heavy atom. The Morgan fingerprint density at radius 3 is 2.95 bits per heavy atom. The zero-order chi connectivity index (χ0) is 14.1. The van der Waals surface area contributed by atoms with Crippen LogP contribution in [0.2, 0.25) is 0 Å². The molecule has 1 aromatic heterocycles. The number of fused-ring (bicyclic) bond motifs is 1. The number of nitro benzene ring substituents is 1. The van der Waals surface area contributed by atoms with Crippen LogP contribution in [0.25, 0.3) is 10.2 Å². The summed E-state index contributed by atoms with van der Waals surface area (Å²) < 4.78 is 0.947. The van der Waals surface area contributed by atoms with E-state index in [-0.39, 0.29) is 17.8 Å². The zero-order valence-corrected chi connectivity index (χ0v) is 11.7. The van der Waals surface area contributed by atoms with E-state index in [1.165, 1.54) is 36.3 Å². The molecule has 7 heteroatoms. The standard InChI is InChI=1S/C13H16N4O2S/c14-9-3-1-2-4-10(9)15-13-16-11-7-8(17(18)19)5-6-12(11)20-13/h5-7,9-10H,1-4,14H2,(H,15,16)/t9-,10-/m1/s1. The fraction of sp³-hybridized carbons (Fsp3) is 0.462. The Morgan fingerprint density at radius 2 is 2.20 bits per heavy atom. The van der Waals surface area contributed by atoms with Crippen molar-refractivity contribution in [2.24, 2.45) is 5.73 Å². The van der Waals surface area contributed by atoms with Crippen LogP contribution < -0.4 is 11.1 Å². The van der Waals surface area contributed by atoms with E-state index in [9.17, 15) is 10.1 Å². The fourth-order valence-corrected chi connectivity index (χ4v) is 3.50. The number of nitro groups is 1. The van der Waals surface area contributed by atoms with Crippen LogP contribution in [0, 0.1) is 10.1 Å². The van der Waals surface area contributed by atoms with Crippen LogP contribution in [-0.2, 0) is 0 Å². The van der Waals surface area contributed by atoms with Gasteiger partial charge in [0.2, 0.25) is 0 Å². The van der Waals surface area contributed by atoms with Gasteiger partial charge in [-0.3, -0.25) is 10.1 Å². The Kier molecular flexibility index (Phi) is 3.54. The number of hydrogen-bond donors (Lipinski definition) is 2. The number of aromatic nitrogens is 1. The van der Waals surface area contributed by atoms with Crippen LogP contribution in [-0.4, -0.2) is 22.0 Å². The van der Waals surface area contributed by atoms with Crippen LogP contribution in [0.15, 0.2) is 18.2 Å². The summed E-state index contributed by atoms with van der Waals surface area (Å²) in [7, 11) is 0. The lowest BCUT2D eigenvalue weighted by Gasteiger charge is -2.28. The molecule has 0 unspecified atom stereocenters. The number of hydrogen-bond acceptors (Lipinski definition) is 6. The van der Waals surface area contributed by atoms with Gasteiger partial charge in [-0.2, -0.15) is 0 Å². The second kappa shape index (κ2) is 5.34. The lowest BCUT2D eigenvalue weighted by molar-refractivity contribution is -0.384. The van der Waals surface area contributed by atoms with Gasteiger partial charge >= 0.3 is 0 Å². The Hall–Kier alpha value is -1.73. The molecule has 1 aliphatic carbocycles.